The average Bonchev–Trinajstić information content (AvgIpc) is 3.10. The molecule has 0 radical (unpaired) electrons. The second-order valence-corrected chi connectivity index (χ2v) is 7.22. The summed E-state index contributed by atoms with van der Waals surface area (Å²) >= 11 is 0. The molecule has 2 aromatic heterocycles. The van der Waals surface area contributed by atoms with Crippen molar-refractivity contribution in [1.82, 2.24) is 15.0 Å². The molecule has 146 valence electrons. The molecule has 2 heterocycles. The molecule has 1 N–H and O–H groups in total. The van der Waals surface area contributed by atoms with Crippen LogP contribution in [0.5, 0.6) is 0 Å². The third-order valence-corrected chi connectivity index (χ3v) is 4.68. The van der Waals surface area contributed by atoms with Gasteiger partial charge in [-0.3, -0.25) is 4.79 Å². The summed E-state index contributed by atoms with van der Waals surface area (Å²) in [6.45, 7) is 2.54. The zero-order valence-electron chi connectivity index (χ0n) is 16.6. The number of anilines is 1. The van der Waals surface area contributed by atoms with Crippen LogP contribution in [0, 0.1) is 6.92 Å². The van der Waals surface area contributed by atoms with E-state index in [4.69, 9.17) is 4.52 Å². The highest BCUT2D eigenvalue weighted by Crippen LogP contribution is 2.28. The number of carbonyl (C=O) groups excluding carboxylic acids is 1. The van der Waals surface area contributed by atoms with Crippen LogP contribution in [-0.4, -0.2) is 35.0 Å². The molecular formula is C23H22N4O2. The Labute approximate surface area is 169 Å². The van der Waals surface area contributed by atoms with Crippen molar-refractivity contribution in [1.29, 1.82) is 0 Å². The Bertz CT molecular complexity index is 1170. The largest absolute Gasteiger partial charge is 0.335 e. The number of hydrogen-bond acceptors (Lipinski definition) is 5. The molecule has 2 aromatic carbocycles. The molecule has 0 fully saturated rings. The number of aromatic nitrogens is 2. The Balaban J connectivity index is 1.77. The van der Waals surface area contributed by atoms with E-state index in [9.17, 15) is 4.79 Å². The molecule has 0 aliphatic heterocycles. The highest BCUT2D eigenvalue weighted by molar-refractivity contribution is 6.13. The van der Waals surface area contributed by atoms with E-state index in [1.807, 2.05) is 75.6 Å². The van der Waals surface area contributed by atoms with Crippen LogP contribution in [0.1, 0.15) is 21.6 Å². The molecular weight excluding hydrogens is 364 g/mol. The third-order valence-electron chi connectivity index (χ3n) is 4.68. The van der Waals surface area contributed by atoms with Crippen LogP contribution in [0.4, 0.5) is 5.69 Å². The molecule has 0 saturated heterocycles. The first-order valence-electron chi connectivity index (χ1n) is 9.39. The van der Waals surface area contributed by atoms with E-state index in [-0.39, 0.29) is 5.91 Å². The molecule has 6 nitrogen and oxygen atoms in total. The molecule has 6 heteroatoms. The lowest BCUT2D eigenvalue weighted by Crippen LogP contribution is -2.17. The number of rotatable bonds is 5. The van der Waals surface area contributed by atoms with Gasteiger partial charge in [0.2, 0.25) is 0 Å². The first-order valence-corrected chi connectivity index (χ1v) is 9.39. The van der Waals surface area contributed by atoms with Crippen LogP contribution in [0.3, 0.4) is 0 Å². The van der Waals surface area contributed by atoms with Crippen LogP contribution in [0.15, 0.2) is 65.2 Å². The maximum Gasteiger partial charge on any atom is 0.259 e. The molecule has 4 aromatic rings. The van der Waals surface area contributed by atoms with E-state index in [1.165, 1.54) is 0 Å². The minimum absolute atomic E-state index is 0.216. The van der Waals surface area contributed by atoms with Gasteiger partial charge in [-0.05, 0) is 38.7 Å². The predicted octanol–water partition coefficient (Wildman–Crippen LogP) is 4.51. The number of benzene rings is 2. The van der Waals surface area contributed by atoms with Crippen molar-refractivity contribution in [3.05, 3.63) is 77.5 Å². The number of pyridine rings is 1. The number of nitrogens with zero attached hydrogens (tertiary/aromatic N) is 3. The Hall–Kier alpha value is -3.51. The summed E-state index contributed by atoms with van der Waals surface area (Å²) in [6, 6.07) is 19.3. The van der Waals surface area contributed by atoms with Crippen molar-refractivity contribution in [2.75, 3.05) is 19.4 Å². The lowest BCUT2D eigenvalue weighted by atomic mass is 10.0. The summed E-state index contributed by atoms with van der Waals surface area (Å²) < 4.78 is 5.38. The third kappa shape index (κ3) is 3.88. The second kappa shape index (κ2) is 7.85. The predicted molar refractivity (Wildman–Crippen MR) is 114 cm³/mol. The number of fused-ring (bicyclic) bond motifs is 1. The van der Waals surface area contributed by atoms with E-state index in [1.54, 1.807) is 6.07 Å². The highest BCUT2D eigenvalue weighted by Gasteiger charge is 2.20. The molecule has 0 spiro atoms. The van der Waals surface area contributed by atoms with Crippen LogP contribution in [-0.2, 0) is 6.54 Å². The summed E-state index contributed by atoms with van der Waals surface area (Å²) in [5.74, 6) is -0.216. The fourth-order valence-electron chi connectivity index (χ4n) is 3.34. The van der Waals surface area contributed by atoms with Crippen LogP contribution in [0.2, 0.25) is 0 Å². The van der Waals surface area contributed by atoms with Gasteiger partial charge in [0.05, 0.1) is 22.3 Å². The van der Waals surface area contributed by atoms with Crippen molar-refractivity contribution in [2.45, 2.75) is 13.5 Å². The SMILES string of the molecule is Cc1noc2nc(-c3ccccc3)cc(C(=O)Nc3ccccc3CN(C)C)c12. The standard InChI is InChI=1S/C23H22N4O2/c1-15-21-18(22(28)24-19-12-8-7-11-17(19)14-27(2)3)13-20(25-23(21)29-26-15)16-9-5-4-6-10-16/h4-13H,14H2,1-3H3,(H,24,28). The van der Waals surface area contributed by atoms with E-state index < -0.39 is 0 Å². The minimum atomic E-state index is -0.216. The van der Waals surface area contributed by atoms with Gasteiger partial charge in [-0.25, -0.2) is 4.98 Å². The smallest absolute Gasteiger partial charge is 0.259 e. The number of aryl methyl sites for hydroxylation is 1. The zero-order valence-corrected chi connectivity index (χ0v) is 16.6. The number of para-hydroxylation sites is 1. The molecule has 4 rings (SSSR count). The second-order valence-electron chi connectivity index (χ2n) is 7.22. The summed E-state index contributed by atoms with van der Waals surface area (Å²) in [5.41, 5.74) is 4.89. The van der Waals surface area contributed by atoms with Gasteiger partial charge < -0.3 is 14.7 Å². The number of carbonyl (C=O) groups is 1. The van der Waals surface area contributed by atoms with Crippen molar-refractivity contribution in [3.8, 4) is 11.3 Å². The van der Waals surface area contributed by atoms with E-state index in [0.29, 0.717) is 28.1 Å². The first-order chi connectivity index (χ1) is 14.0. The van der Waals surface area contributed by atoms with Crippen molar-refractivity contribution >= 4 is 22.7 Å². The molecule has 0 atom stereocenters. The number of amides is 1. The summed E-state index contributed by atoms with van der Waals surface area (Å²) in [6.07, 6.45) is 0. The van der Waals surface area contributed by atoms with Crippen LogP contribution >= 0.6 is 0 Å². The van der Waals surface area contributed by atoms with Crippen molar-refractivity contribution in [3.63, 3.8) is 0 Å². The Kier molecular flexibility index (Phi) is 5.10. The summed E-state index contributed by atoms with van der Waals surface area (Å²) in [4.78, 5) is 19.9. The zero-order chi connectivity index (χ0) is 20.4. The van der Waals surface area contributed by atoms with Gasteiger partial charge in [0.15, 0.2) is 0 Å². The molecule has 29 heavy (non-hydrogen) atoms. The molecule has 0 bridgehead atoms. The molecule has 0 saturated carbocycles. The van der Waals surface area contributed by atoms with Gasteiger partial charge in [0, 0.05) is 17.8 Å². The van der Waals surface area contributed by atoms with Gasteiger partial charge in [0.1, 0.15) is 0 Å². The van der Waals surface area contributed by atoms with Crippen LogP contribution < -0.4 is 5.32 Å². The highest BCUT2D eigenvalue weighted by atomic mass is 16.5. The Morgan fingerprint density at radius 2 is 1.79 bits per heavy atom. The van der Waals surface area contributed by atoms with Crippen LogP contribution in [0.25, 0.3) is 22.4 Å². The molecule has 0 aliphatic carbocycles. The summed E-state index contributed by atoms with van der Waals surface area (Å²) in [7, 11) is 4.00. The van der Waals surface area contributed by atoms with Gasteiger partial charge in [-0.1, -0.05) is 53.7 Å². The topological polar surface area (TPSA) is 71.3 Å². The normalized spacial score (nSPS) is 11.2. The molecule has 1 amide bonds. The Morgan fingerprint density at radius 1 is 1.07 bits per heavy atom. The Morgan fingerprint density at radius 3 is 2.55 bits per heavy atom. The fraction of sp³-hybridized carbons (Fsp3) is 0.174. The first kappa shape index (κ1) is 18.8. The molecule has 0 unspecified atom stereocenters. The van der Waals surface area contributed by atoms with E-state index >= 15 is 0 Å². The number of hydrogen-bond donors (Lipinski definition) is 1. The fourth-order valence-corrected chi connectivity index (χ4v) is 3.34. The lowest BCUT2D eigenvalue weighted by Gasteiger charge is -2.15. The van der Waals surface area contributed by atoms with Crippen molar-refractivity contribution < 1.29 is 9.32 Å². The maximum atomic E-state index is 13.3. The lowest BCUT2D eigenvalue weighted by molar-refractivity contribution is 0.102. The molecule has 0 aliphatic rings. The van der Waals surface area contributed by atoms with Gasteiger partial charge in [-0.2, -0.15) is 0 Å². The van der Waals surface area contributed by atoms with E-state index in [2.05, 4.69) is 20.4 Å². The van der Waals surface area contributed by atoms with Gasteiger partial charge in [-0.15, -0.1) is 0 Å². The maximum absolute atomic E-state index is 13.3. The summed E-state index contributed by atoms with van der Waals surface area (Å²) in [5, 5.41) is 7.70. The van der Waals surface area contributed by atoms with Gasteiger partial charge >= 0.3 is 0 Å². The average molecular weight is 386 g/mol. The minimum Gasteiger partial charge on any atom is -0.335 e. The number of nitrogens with one attached hydrogen (secondary N) is 1. The van der Waals surface area contributed by atoms with Gasteiger partial charge in [0.25, 0.3) is 11.6 Å². The quantitative estimate of drug-likeness (QED) is 0.546. The van der Waals surface area contributed by atoms with Crippen molar-refractivity contribution in [2.24, 2.45) is 0 Å². The monoisotopic (exact) mass is 386 g/mol. The van der Waals surface area contributed by atoms with E-state index in [0.717, 1.165) is 23.4 Å².